The molecule has 25 heavy (non-hydrogen) atoms. The summed E-state index contributed by atoms with van der Waals surface area (Å²) in [7, 11) is 0. The number of hydrogen-bond donors (Lipinski definition) is 0. The van der Waals surface area contributed by atoms with Crippen LogP contribution in [-0.2, 0) is 6.54 Å². The highest BCUT2D eigenvalue weighted by molar-refractivity contribution is 7.09. The molecule has 0 aliphatic heterocycles. The van der Waals surface area contributed by atoms with E-state index in [-0.39, 0.29) is 11.7 Å². The zero-order valence-electron chi connectivity index (χ0n) is 13.8. The summed E-state index contributed by atoms with van der Waals surface area (Å²) in [5, 5.41) is 0.381. The lowest BCUT2D eigenvalue weighted by molar-refractivity contribution is 0.0998. The van der Waals surface area contributed by atoms with Gasteiger partial charge in [0.1, 0.15) is 5.82 Å². The van der Waals surface area contributed by atoms with E-state index < -0.39 is 0 Å². The van der Waals surface area contributed by atoms with Crippen LogP contribution in [0.3, 0.4) is 0 Å². The minimum absolute atomic E-state index is 0.279. The van der Waals surface area contributed by atoms with Crippen LogP contribution in [0.1, 0.15) is 22.2 Å². The topological polar surface area (TPSA) is 34.4 Å². The second-order valence-electron chi connectivity index (χ2n) is 5.44. The Morgan fingerprint density at radius 3 is 2.52 bits per heavy atom. The van der Waals surface area contributed by atoms with Crippen molar-refractivity contribution in [2.24, 2.45) is 4.99 Å². The Kier molecular flexibility index (Phi) is 5.16. The number of halogens is 2. The third-order valence-corrected chi connectivity index (χ3v) is 5.14. The molecule has 0 aliphatic carbocycles. The maximum Gasteiger partial charge on any atom is 0.281 e. The monoisotopic (exact) mass is 374 g/mol. The summed E-state index contributed by atoms with van der Waals surface area (Å²) in [4.78, 5) is 18.4. The molecule has 1 heterocycles. The molecule has 1 aromatic heterocycles. The van der Waals surface area contributed by atoms with Crippen molar-refractivity contribution in [3.8, 4) is 11.3 Å². The van der Waals surface area contributed by atoms with Gasteiger partial charge in [-0.15, -0.1) is 11.3 Å². The van der Waals surface area contributed by atoms with E-state index in [0.717, 1.165) is 16.1 Å². The van der Waals surface area contributed by atoms with Gasteiger partial charge in [-0.2, -0.15) is 4.99 Å². The number of benzene rings is 2. The van der Waals surface area contributed by atoms with E-state index in [4.69, 9.17) is 11.6 Å². The quantitative estimate of drug-likeness (QED) is 0.629. The SMILES string of the molecule is CCn1c(-c2ccc(F)cc2)c(C)sc1=NC(=O)c1ccccc1Cl. The van der Waals surface area contributed by atoms with Crippen LogP contribution in [0.5, 0.6) is 0 Å². The fraction of sp³-hybridized carbons (Fsp3) is 0.158. The molecule has 0 spiro atoms. The maximum atomic E-state index is 13.2. The van der Waals surface area contributed by atoms with Gasteiger partial charge in [0.25, 0.3) is 5.91 Å². The Morgan fingerprint density at radius 2 is 1.88 bits per heavy atom. The van der Waals surface area contributed by atoms with Gasteiger partial charge < -0.3 is 4.57 Å². The molecule has 128 valence electrons. The first-order valence-corrected chi connectivity index (χ1v) is 9.00. The average Bonchev–Trinajstić information content (AvgIpc) is 2.91. The second kappa shape index (κ2) is 7.33. The number of thiazole rings is 1. The Hall–Kier alpha value is -2.24. The highest BCUT2D eigenvalue weighted by Gasteiger charge is 2.14. The van der Waals surface area contributed by atoms with Crippen LogP contribution in [0.4, 0.5) is 4.39 Å². The molecule has 3 nitrogen and oxygen atoms in total. The van der Waals surface area contributed by atoms with Gasteiger partial charge in [0.15, 0.2) is 4.80 Å². The van der Waals surface area contributed by atoms with Gasteiger partial charge in [0.2, 0.25) is 0 Å². The molecule has 0 N–H and O–H groups in total. The van der Waals surface area contributed by atoms with Crippen LogP contribution in [0, 0.1) is 12.7 Å². The molecule has 3 aromatic rings. The molecule has 0 aliphatic rings. The number of nitrogens with zero attached hydrogens (tertiary/aromatic N) is 2. The molecule has 0 atom stereocenters. The third kappa shape index (κ3) is 3.57. The van der Waals surface area contributed by atoms with Crippen molar-refractivity contribution in [3.05, 3.63) is 74.6 Å². The number of rotatable bonds is 3. The molecular formula is C19H16ClFN2OS. The van der Waals surface area contributed by atoms with Gasteiger partial charge in [0.05, 0.1) is 16.3 Å². The smallest absolute Gasteiger partial charge is 0.281 e. The Labute approximate surface area is 154 Å². The van der Waals surface area contributed by atoms with Crippen molar-refractivity contribution in [1.29, 1.82) is 0 Å². The first-order valence-electron chi connectivity index (χ1n) is 7.81. The zero-order chi connectivity index (χ0) is 18.0. The molecule has 6 heteroatoms. The minimum Gasteiger partial charge on any atom is -0.316 e. The number of aromatic nitrogens is 1. The predicted molar refractivity (Wildman–Crippen MR) is 99.5 cm³/mol. The van der Waals surface area contributed by atoms with Crippen LogP contribution in [0.2, 0.25) is 5.02 Å². The number of carbonyl (C=O) groups excluding carboxylic acids is 1. The molecule has 0 saturated carbocycles. The zero-order valence-corrected chi connectivity index (χ0v) is 15.4. The first-order chi connectivity index (χ1) is 12.0. The Morgan fingerprint density at radius 1 is 1.20 bits per heavy atom. The maximum absolute atomic E-state index is 13.2. The summed E-state index contributed by atoms with van der Waals surface area (Å²) in [5.74, 6) is -0.654. The fourth-order valence-corrected chi connectivity index (χ4v) is 3.93. The lowest BCUT2D eigenvalue weighted by atomic mass is 10.1. The summed E-state index contributed by atoms with van der Waals surface area (Å²) in [6, 6.07) is 13.2. The lowest BCUT2D eigenvalue weighted by Crippen LogP contribution is -2.17. The highest BCUT2D eigenvalue weighted by Crippen LogP contribution is 2.25. The molecule has 3 rings (SSSR count). The van der Waals surface area contributed by atoms with Crippen LogP contribution >= 0.6 is 22.9 Å². The largest absolute Gasteiger partial charge is 0.316 e. The minimum atomic E-state index is -0.375. The number of amides is 1. The second-order valence-corrected chi connectivity index (χ2v) is 7.03. The molecule has 1 amide bonds. The van der Waals surface area contributed by atoms with Gasteiger partial charge in [-0.05, 0) is 55.8 Å². The van der Waals surface area contributed by atoms with Gasteiger partial charge in [-0.3, -0.25) is 4.79 Å². The molecule has 0 saturated heterocycles. The van der Waals surface area contributed by atoms with E-state index in [2.05, 4.69) is 4.99 Å². The normalized spacial score (nSPS) is 11.8. The number of aryl methyl sites for hydroxylation is 1. The summed E-state index contributed by atoms with van der Waals surface area (Å²) in [6.45, 7) is 4.60. The van der Waals surface area contributed by atoms with Crippen molar-refractivity contribution in [1.82, 2.24) is 4.57 Å². The van der Waals surface area contributed by atoms with Crippen LogP contribution in [0.15, 0.2) is 53.5 Å². The highest BCUT2D eigenvalue weighted by atomic mass is 35.5. The van der Waals surface area contributed by atoms with Crippen molar-refractivity contribution in [2.45, 2.75) is 20.4 Å². The van der Waals surface area contributed by atoms with E-state index in [1.54, 1.807) is 36.4 Å². The fourth-order valence-electron chi connectivity index (χ4n) is 2.65. The van der Waals surface area contributed by atoms with Crippen LogP contribution < -0.4 is 4.80 Å². The standard InChI is InChI=1S/C19H16ClFN2OS/c1-3-23-17(13-8-10-14(21)11-9-13)12(2)25-19(23)22-18(24)15-6-4-5-7-16(15)20/h4-11H,3H2,1-2H3. The third-order valence-electron chi connectivity index (χ3n) is 3.81. The molecule has 0 radical (unpaired) electrons. The molecule has 2 aromatic carbocycles. The lowest BCUT2D eigenvalue weighted by Gasteiger charge is -2.07. The van der Waals surface area contributed by atoms with E-state index in [9.17, 15) is 9.18 Å². The first kappa shape index (κ1) is 17.6. The van der Waals surface area contributed by atoms with E-state index in [0.29, 0.717) is 21.9 Å². The number of hydrogen-bond acceptors (Lipinski definition) is 2. The van der Waals surface area contributed by atoms with Crippen molar-refractivity contribution >= 4 is 28.8 Å². The van der Waals surface area contributed by atoms with Crippen molar-refractivity contribution in [2.75, 3.05) is 0 Å². The van der Waals surface area contributed by atoms with Gasteiger partial charge in [-0.1, -0.05) is 23.7 Å². The summed E-state index contributed by atoms with van der Waals surface area (Å²) >= 11 is 7.52. The van der Waals surface area contributed by atoms with Crippen LogP contribution in [0.25, 0.3) is 11.3 Å². The predicted octanol–water partition coefficient (Wildman–Crippen LogP) is 5.08. The summed E-state index contributed by atoms with van der Waals surface area (Å²) < 4.78 is 15.2. The summed E-state index contributed by atoms with van der Waals surface area (Å²) in [5.41, 5.74) is 2.21. The number of carbonyl (C=O) groups is 1. The molecule has 0 unspecified atom stereocenters. The molecule has 0 fully saturated rings. The molecule has 0 bridgehead atoms. The van der Waals surface area contributed by atoms with E-state index in [1.165, 1.54) is 23.5 Å². The van der Waals surface area contributed by atoms with Crippen LogP contribution in [-0.4, -0.2) is 10.5 Å². The van der Waals surface area contributed by atoms with Crippen molar-refractivity contribution < 1.29 is 9.18 Å². The molecular weight excluding hydrogens is 359 g/mol. The summed E-state index contributed by atoms with van der Waals surface area (Å²) in [6.07, 6.45) is 0. The van der Waals surface area contributed by atoms with E-state index in [1.807, 2.05) is 18.4 Å². The Balaban J connectivity index is 2.12. The van der Waals surface area contributed by atoms with Gasteiger partial charge >= 0.3 is 0 Å². The van der Waals surface area contributed by atoms with E-state index >= 15 is 0 Å². The Bertz CT molecular complexity index is 989. The van der Waals surface area contributed by atoms with Gasteiger partial charge in [-0.25, -0.2) is 4.39 Å². The van der Waals surface area contributed by atoms with Gasteiger partial charge in [0, 0.05) is 11.4 Å². The van der Waals surface area contributed by atoms with Crippen molar-refractivity contribution in [3.63, 3.8) is 0 Å². The average molecular weight is 375 g/mol.